The average molecular weight is 295 g/mol. The van der Waals surface area contributed by atoms with Crippen molar-refractivity contribution in [2.45, 2.75) is 58.5 Å². The first-order valence-electron chi connectivity index (χ1n) is 8.76. The highest BCUT2D eigenvalue weighted by molar-refractivity contribution is 5.79. The maximum Gasteiger partial charge on any atom is 0.225 e. The van der Waals surface area contributed by atoms with E-state index < -0.39 is 0 Å². The van der Waals surface area contributed by atoms with Gasteiger partial charge in [0, 0.05) is 38.1 Å². The molecule has 0 bridgehead atoms. The lowest BCUT2D eigenvalue weighted by molar-refractivity contribution is -0.138. The van der Waals surface area contributed by atoms with Crippen LogP contribution in [0.3, 0.4) is 0 Å². The maximum absolute atomic E-state index is 12.7. The van der Waals surface area contributed by atoms with E-state index in [0.29, 0.717) is 18.0 Å². The summed E-state index contributed by atoms with van der Waals surface area (Å²) in [4.78, 5) is 19.7. The molecule has 21 heavy (non-hydrogen) atoms. The molecule has 0 spiro atoms. The molecule has 0 aromatic carbocycles. The van der Waals surface area contributed by atoms with Crippen LogP contribution < -0.4 is 0 Å². The van der Waals surface area contributed by atoms with Gasteiger partial charge in [-0.15, -0.1) is 0 Å². The van der Waals surface area contributed by atoms with Gasteiger partial charge in [-0.3, -0.25) is 4.79 Å². The van der Waals surface area contributed by atoms with Gasteiger partial charge >= 0.3 is 0 Å². The van der Waals surface area contributed by atoms with Gasteiger partial charge in [0.15, 0.2) is 0 Å². The molecule has 4 heteroatoms. The van der Waals surface area contributed by atoms with Gasteiger partial charge < -0.3 is 14.7 Å². The zero-order valence-corrected chi connectivity index (χ0v) is 14.3. The molecule has 2 fully saturated rings. The molecule has 0 unspecified atom stereocenters. The van der Waals surface area contributed by atoms with Gasteiger partial charge in [-0.05, 0) is 59.2 Å². The highest BCUT2D eigenvalue weighted by Gasteiger charge is 2.31. The monoisotopic (exact) mass is 295 g/mol. The van der Waals surface area contributed by atoms with Crippen molar-refractivity contribution in [2.75, 3.05) is 39.8 Å². The molecule has 122 valence electrons. The summed E-state index contributed by atoms with van der Waals surface area (Å²) in [6.07, 6.45) is 4.35. The number of carbonyl (C=O) groups excluding carboxylic acids is 1. The Morgan fingerprint density at radius 3 is 2.14 bits per heavy atom. The highest BCUT2D eigenvalue weighted by Crippen LogP contribution is 2.23. The van der Waals surface area contributed by atoms with Gasteiger partial charge in [0.1, 0.15) is 0 Å². The molecule has 0 atom stereocenters. The lowest BCUT2D eigenvalue weighted by atomic mass is 9.93. The summed E-state index contributed by atoms with van der Waals surface area (Å²) in [6, 6.07) is 1.09. The van der Waals surface area contributed by atoms with Gasteiger partial charge in [0.25, 0.3) is 0 Å². The Kier molecular flexibility index (Phi) is 6.06. The molecule has 0 aliphatic carbocycles. The molecular formula is C17H33N3O. The second-order valence-electron chi connectivity index (χ2n) is 7.02. The molecule has 1 amide bonds. The first-order valence-corrected chi connectivity index (χ1v) is 8.76. The zero-order chi connectivity index (χ0) is 15.4. The first kappa shape index (κ1) is 16.8. The Hall–Kier alpha value is -0.610. The minimum Gasteiger partial charge on any atom is -0.342 e. The third kappa shape index (κ3) is 4.19. The lowest BCUT2D eigenvalue weighted by Gasteiger charge is -2.40. The standard InChI is InChI=1S/C17H33N3O/c1-5-19-10-6-15(7-11-19)17(21)18(4)16-8-12-20(13-9-16)14(2)3/h14-16H,5-13H2,1-4H3. The van der Waals surface area contributed by atoms with Crippen LogP contribution in [0.5, 0.6) is 0 Å². The van der Waals surface area contributed by atoms with Gasteiger partial charge in [-0.1, -0.05) is 6.92 Å². The van der Waals surface area contributed by atoms with E-state index in [1.807, 2.05) is 7.05 Å². The van der Waals surface area contributed by atoms with Crippen molar-refractivity contribution in [3.63, 3.8) is 0 Å². The molecule has 0 aromatic heterocycles. The molecule has 4 nitrogen and oxygen atoms in total. The number of nitrogens with zero attached hydrogens (tertiary/aromatic N) is 3. The largest absolute Gasteiger partial charge is 0.342 e. The van der Waals surface area contributed by atoms with Crippen LogP contribution in [0.1, 0.15) is 46.5 Å². The highest BCUT2D eigenvalue weighted by atomic mass is 16.2. The normalized spacial score (nSPS) is 23.7. The summed E-state index contributed by atoms with van der Waals surface area (Å²) >= 11 is 0. The third-order valence-electron chi connectivity index (χ3n) is 5.51. The van der Waals surface area contributed by atoms with Crippen molar-refractivity contribution in [1.82, 2.24) is 14.7 Å². The van der Waals surface area contributed by atoms with Crippen molar-refractivity contribution < 1.29 is 4.79 Å². The van der Waals surface area contributed by atoms with Crippen molar-refractivity contribution in [1.29, 1.82) is 0 Å². The smallest absolute Gasteiger partial charge is 0.225 e. The Morgan fingerprint density at radius 1 is 1.10 bits per heavy atom. The summed E-state index contributed by atoms with van der Waals surface area (Å²) in [6.45, 7) is 12.3. The second-order valence-corrected chi connectivity index (χ2v) is 7.02. The SMILES string of the molecule is CCN1CCC(C(=O)N(C)C2CCN(C(C)C)CC2)CC1. The van der Waals surface area contributed by atoms with Crippen LogP contribution in [0, 0.1) is 5.92 Å². The quantitative estimate of drug-likeness (QED) is 0.794. The van der Waals surface area contributed by atoms with Gasteiger partial charge in [0.05, 0.1) is 0 Å². The van der Waals surface area contributed by atoms with E-state index in [0.717, 1.165) is 58.4 Å². The van der Waals surface area contributed by atoms with Crippen molar-refractivity contribution in [2.24, 2.45) is 5.92 Å². The molecule has 2 heterocycles. The predicted molar refractivity (Wildman–Crippen MR) is 87.3 cm³/mol. The fraction of sp³-hybridized carbons (Fsp3) is 0.941. The van der Waals surface area contributed by atoms with E-state index in [4.69, 9.17) is 0 Å². The fourth-order valence-electron chi connectivity index (χ4n) is 3.75. The summed E-state index contributed by atoms with van der Waals surface area (Å²) in [5.41, 5.74) is 0. The number of hydrogen-bond donors (Lipinski definition) is 0. The predicted octanol–water partition coefficient (Wildman–Crippen LogP) is 2.05. The van der Waals surface area contributed by atoms with Gasteiger partial charge in [0.2, 0.25) is 5.91 Å². The number of hydrogen-bond acceptors (Lipinski definition) is 3. The molecule has 0 N–H and O–H groups in total. The van der Waals surface area contributed by atoms with E-state index >= 15 is 0 Å². The van der Waals surface area contributed by atoms with E-state index in [1.165, 1.54) is 0 Å². The molecule has 2 rings (SSSR count). The summed E-state index contributed by atoms with van der Waals surface area (Å²) < 4.78 is 0. The third-order valence-corrected chi connectivity index (χ3v) is 5.51. The number of amides is 1. The minimum absolute atomic E-state index is 0.265. The molecule has 2 aliphatic heterocycles. The van der Waals surface area contributed by atoms with Crippen LogP contribution >= 0.6 is 0 Å². The molecular weight excluding hydrogens is 262 g/mol. The van der Waals surface area contributed by atoms with Crippen molar-refractivity contribution in [3.05, 3.63) is 0 Å². The Bertz CT molecular complexity index is 329. The average Bonchev–Trinajstić information content (AvgIpc) is 2.53. The zero-order valence-electron chi connectivity index (χ0n) is 14.3. The number of likely N-dealkylation sites (tertiary alicyclic amines) is 2. The van der Waals surface area contributed by atoms with E-state index in [9.17, 15) is 4.79 Å². The molecule has 0 aromatic rings. The van der Waals surface area contributed by atoms with Gasteiger partial charge in [-0.25, -0.2) is 0 Å². The molecule has 2 saturated heterocycles. The van der Waals surface area contributed by atoms with Gasteiger partial charge in [-0.2, -0.15) is 0 Å². The van der Waals surface area contributed by atoms with Crippen LogP contribution in [-0.2, 0) is 4.79 Å². The number of carbonyl (C=O) groups is 1. The Balaban J connectivity index is 1.80. The van der Waals surface area contributed by atoms with Crippen molar-refractivity contribution in [3.8, 4) is 0 Å². The Morgan fingerprint density at radius 2 is 1.67 bits per heavy atom. The number of piperidine rings is 2. The van der Waals surface area contributed by atoms with E-state index in [1.54, 1.807) is 0 Å². The summed E-state index contributed by atoms with van der Waals surface area (Å²) in [5, 5.41) is 0. The summed E-state index contributed by atoms with van der Waals surface area (Å²) in [7, 11) is 2.03. The first-order chi connectivity index (χ1) is 10.0. The number of rotatable bonds is 4. The maximum atomic E-state index is 12.7. The van der Waals surface area contributed by atoms with Crippen LogP contribution in [0.2, 0.25) is 0 Å². The van der Waals surface area contributed by atoms with Crippen molar-refractivity contribution >= 4 is 5.91 Å². The molecule has 0 radical (unpaired) electrons. The Labute approximate surface area is 130 Å². The van der Waals surface area contributed by atoms with E-state index in [-0.39, 0.29) is 5.92 Å². The molecule has 0 saturated carbocycles. The fourth-order valence-corrected chi connectivity index (χ4v) is 3.75. The topological polar surface area (TPSA) is 26.8 Å². The van der Waals surface area contributed by atoms with Crippen LogP contribution in [0.4, 0.5) is 0 Å². The van der Waals surface area contributed by atoms with Crippen LogP contribution in [0.15, 0.2) is 0 Å². The lowest BCUT2D eigenvalue weighted by Crippen LogP contribution is -2.50. The van der Waals surface area contributed by atoms with Crippen LogP contribution in [0.25, 0.3) is 0 Å². The second kappa shape index (κ2) is 7.59. The minimum atomic E-state index is 0.265. The van der Waals surface area contributed by atoms with E-state index in [2.05, 4.69) is 35.5 Å². The van der Waals surface area contributed by atoms with Crippen LogP contribution in [-0.4, -0.2) is 72.5 Å². The summed E-state index contributed by atoms with van der Waals surface area (Å²) in [5.74, 6) is 0.662. The molecule has 2 aliphatic rings.